The van der Waals surface area contributed by atoms with Gasteiger partial charge in [0.2, 0.25) is 0 Å². The van der Waals surface area contributed by atoms with Gasteiger partial charge in [0.15, 0.2) is 0 Å². The molecule has 0 saturated carbocycles. The van der Waals surface area contributed by atoms with Crippen LogP contribution in [0.1, 0.15) is 29.2 Å². The maximum atomic E-state index is 13.3. The molecule has 3 aromatic carbocycles. The van der Waals surface area contributed by atoms with Gasteiger partial charge in [0.25, 0.3) is 0 Å². The fourth-order valence-corrected chi connectivity index (χ4v) is 2.66. The standard InChI is InChI=1S/C25H19FO2/c1-2-28-25(27)18-24(22-14-16-23(26)17-15-22)21-12-10-20(11-13-21)9-8-19-6-4-3-5-7-19/h3-7,10-18H,2H2,1H3/b24-18+. The minimum absolute atomic E-state index is 0.292. The molecule has 28 heavy (non-hydrogen) atoms. The van der Waals surface area contributed by atoms with Crippen molar-refractivity contribution in [3.8, 4) is 11.8 Å². The second-order valence-electron chi connectivity index (χ2n) is 6.01. The van der Waals surface area contributed by atoms with E-state index in [1.54, 1.807) is 19.1 Å². The number of carbonyl (C=O) groups is 1. The van der Waals surface area contributed by atoms with E-state index < -0.39 is 5.97 Å². The van der Waals surface area contributed by atoms with Crippen LogP contribution in [0, 0.1) is 17.7 Å². The van der Waals surface area contributed by atoms with Crippen molar-refractivity contribution in [3.63, 3.8) is 0 Å². The molecule has 0 aromatic heterocycles. The molecule has 0 spiro atoms. The van der Waals surface area contributed by atoms with Gasteiger partial charge in [0.1, 0.15) is 5.82 Å². The van der Waals surface area contributed by atoms with Crippen LogP contribution in [0.15, 0.2) is 84.9 Å². The van der Waals surface area contributed by atoms with Crippen molar-refractivity contribution >= 4 is 11.5 Å². The van der Waals surface area contributed by atoms with Gasteiger partial charge in [-0.25, -0.2) is 9.18 Å². The van der Waals surface area contributed by atoms with Gasteiger partial charge in [-0.1, -0.05) is 54.3 Å². The summed E-state index contributed by atoms with van der Waals surface area (Å²) in [6.07, 6.45) is 1.43. The number of hydrogen-bond donors (Lipinski definition) is 0. The molecule has 0 bridgehead atoms. The minimum Gasteiger partial charge on any atom is -0.463 e. The van der Waals surface area contributed by atoms with Gasteiger partial charge >= 0.3 is 5.97 Å². The Morgan fingerprint density at radius 3 is 1.96 bits per heavy atom. The summed E-state index contributed by atoms with van der Waals surface area (Å²) in [6, 6.07) is 23.4. The van der Waals surface area contributed by atoms with E-state index in [-0.39, 0.29) is 5.82 Å². The van der Waals surface area contributed by atoms with E-state index in [0.29, 0.717) is 12.2 Å². The van der Waals surface area contributed by atoms with E-state index >= 15 is 0 Å². The fraction of sp³-hybridized carbons (Fsp3) is 0.0800. The Labute approximate surface area is 164 Å². The van der Waals surface area contributed by atoms with Gasteiger partial charge in [-0.15, -0.1) is 0 Å². The van der Waals surface area contributed by atoms with Crippen LogP contribution in [0.4, 0.5) is 4.39 Å². The van der Waals surface area contributed by atoms with Gasteiger partial charge in [-0.05, 0) is 60.0 Å². The Balaban J connectivity index is 1.91. The van der Waals surface area contributed by atoms with Crippen molar-refractivity contribution in [2.75, 3.05) is 6.61 Å². The maximum Gasteiger partial charge on any atom is 0.331 e. The second-order valence-corrected chi connectivity index (χ2v) is 6.01. The van der Waals surface area contributed by atoms with Gasteiger partial charge in [-0.3, -0.25) is 0 Å². The van der Waals surface area contributed by atoms with E-state index in [2.05, 4.69) is 11.8 Å². The molecular weight excluding hydrogens is 351 g/mol. The van der Waals surface area contributed by atoms with E-state index in [9.17, 15) is 9.18 Å². The normalized spacial score (nSPS) is 10.7. The van der Waals surface area contributed by atoms with Crippen LogP contribution in [0.2, 0.25) is 0 Å². The summed E-state index contributed by atoms with van der Waals surface area (Å²) in [5.74, 6) is 5.48. The third kappa shape index (κ3) is 5.18. The molecule has 3 rings (SSSR count). The summed E-state index contributed by atoms with van der Waals surface area (Å²) >= 11 is 0. The van der Waals surface area contributed by atoms with E-state index in [0.717, 1.165) is 22.3 Å². The third-order valence-corrected chi connectivity index (χ3v) is 4.02. The van der Waals surface area contributed by atoms with Crippen molar-refractivity contribution in [3.05, 3.63) is 113 Å². The van der Waals surface area contributed by atoms with Gasteiger partial charge < -0.3 is 4.74 Å². The monoisotopic (exact) mass is 370 g/mol. The molecule has 2 nitrogen and oxygen atoms in total. The first-order valence-corrected chi connectivity index (χ1v) is 8.97. The van der Waals surface area contributed by atoms with Crippen molar-refractivity contribution < 1.29 is 13.9 Å². The molecule has 0 radical (unpaired) electrons. The van der Waals surface area contributed by atoms with Crippen molar-refractivity contribution in [2.45, 2.75) is 6.92 Å². The summed E-state index contributed by atoms with van der Waals surface area (Å²) < 4.78 is 18.3. The van der Waals surface area contributed by atoms with E-state index in [1.807, 2.05) is 54.6 Å². The van der Waals surface area contributed by atoms with Crippen molar-refractivity contribution in [1.29, 1.82) is 0 Å². The summed E-state index contributed by atoms with van der Waals surface area (Å²) in [7, 11) is 0. The Morgan fingerprint density at radius 1 is 0.857 bits per heavy atom. The lowest BCUT2D eigenvalue weighted by Crippen LogP contribution is -2.02. The van der Waals surface area contributed by atoms with Crippen LogP contribution in [0.25, 0.3) is 5.57 Å². The smallest absolute Gasteiger partial charge is 0.331 e. The van der Waals surface area contributed by atoms with Crippen molar-refractivity contribution in [2.24, 2.45) is 0 Å². The maximum absolute atomic E-state index is 13.3. The average Bonchev–Trinajstić information content (AvgIpc) is 2.73. The predicted molar refractivity (Wildman–Crippen MR) is 109 cm³/mol. The topological polar surface area (TPSA) is 26.3 Å². The lowest BCUT2D eigenvalue weighted by Gasteiger charge is -2.09. The highest BCUT2D eigenvalue weighted by atomic mass is 19.1. The number of rotatable bonds is 4. The first kappa shape index (κ1) is 19.1. The number of esters is 1. The van der Waals surface area contributed by atoms with Crippen LogP contribution in [-0.4, -0.2) is 12.6 Å². The molecule has 0 aliphatic carbocycles. The highest BCUT2D eigenvalue weighted by Gasteiger charge is 2.09. The number of ether oxygens (including phenoxy) is 1. The molecule has 0 heterocycles. The molecule has 0 aliphatic rings. The van der Waals surface area contributed by atoms with Crippen LogP contribution in [-0.2, 0) is 9.53 Å². The zero-order valence-corrected chi connectivity index (χ0v) is 15.5. The van der Waals surface area contributed by atoms with Crippen molar-refractivity contribution in [1.82, 2.24) is 0 Å². The van der Waals surface area contributed by atoms with Crippen LogP contribution in [0.3, 0.4) is 0 Å². The zero-order valence-electron chi connectivity index (χ0n) is 15.5. The molecule has 138 valence electrons. The van der Waals surface area contributed by atoms with Gasteiger partial charge in [0, 0.05) is 17.2 Å². The largest absolute Gasteiger partial charge is 0.463 e. The highest BCUT2D eigenvalue weighted by Crippen LogP contribution is 2.24. The SMILES string of the molecule is CCOC(=O)/C=C(/c1ccc(F)cc1)c1ccc(C#Cc2ccccc2)cc1. The summed E-state index contributed by atoms with van der Waals surface area (Å²) in [4.78, 5) is 12.0. The lowest BCUT2D eigenvalue weighted by molar-refractivity contribution is -0.137. The Kier molecular flexibility index (Phi) is 6.38. The Bertz CT molecular complexity index is 1020. The average molecular weight is 370 g/mol. The second kappa shape index (κ2) is 9.34. The molecule has 0 fully saturated rings. The Hall–Kier alpha value is -3.64. The zero-order chi connectivity index (χ0) is 19.8. The molecule has 3 heteroatoms. The number of hydrogen-bond acceptors (Lipinski definition) is 2. The summed E-state index contributed by atoms with van der Waals surface area (Å²) in [6.45, 7) is 2.05. The third-order valence-electron chi connectivity index (χ3n) is 4.02. The molecule has 0 amide bonds. The predicted octanol–water partition coefficient (Wildman–Crippen LogP) is 5.22. The molecule has 0 saturated heterocycles. The number of carbonyl (C=O) groups excluding carboxylic acids is 1. The van der Waals surface area contributed by atoms with E-state index in [4.69, 9.17) is 4.74 Å². The lowest BCUT2D eigenvalue weighted by atomic mass is 9.96. The van der Waals surface area contributed by atoms with Crippen LogP contribution >= 0.6 is 0 Å². The molecule has 3 aromatic rings. The first-order chi connectivity index (χ1) is 13.7. The summed E-state index contributed by atoms with van der Waals surface area (Å²) in [5.41, 5.74) is 4.03. The first-order valence-electron chi connectivity index (χ1n) is 8.97. The molecule has 0 aliphatic heterocycles. The molecule has 0 N–H and O–H groups in total. The number of benzene rings is 3. The number of halogens is 1. The van der Waals surface area contributed by atoms with Crippen LogP contribution < -0.4 is 0 Å². The fourth-order valence-electron chi connectivity index (χ4n) is 2.66. The molecule has 0 atom stereocenters. The summed E-state index contributed by atoms with van der Waals surface area (Å²) in [5, 5.41) is 0. The van der Waals surface area contributed by atoms with Crippen LogP contribution in [0.5, 0.6) is 0 Å². The minimum atomic E-state index is -0.435. The Morgan fingerprint density at radius 2 is 1.39 bits per heavy atom. The van der Waals surface area contributed by atoms with Gasteiger partial charge in [0.05, 0.1) is 6.61 Å². The van der Waals surface area contributed by atoms with Gasteiger partial charge in [-0.2, -0.15) is 0 Å². The molecule has 0 unspecified atom stereocenters. The van der Waals surface area contributed by atoms with E-state index in [1.165, 1.54) is 18.2 Å². The molecular formula is C25H19FO2. The highest BCUT2D eigenvalue weighted by molar-refractivity contribution is 5.96. The quantitative estimate of drug-likeness (QED) is 0.358.